The average molecular weight is 377 g/mol. The zero-order valence-electron chi connectivity index (χ0n) is 15.0. The number of carbonyl (C=O) groups excluding carboxylic acids is 1. The lowest BCUT2D eigenvalue weighted by atomic mass is 10.1. The number of rotatable bonds is 4. The summed E-state index contributed by atoms with van der Waals surface area (Å²) in [7, 11) is 0. The minimum absolute atomic E-state index is 0.0228. The molecule has 28 heavy (non-hydrogen) atoms. The van der Waals surface area contributed by atoms with Crippen LogP contribution in [-0.4, -0.2) is 51.1 Å². The third-order valence-corrected chi connectivity index (χ3v) is 4.75. The molecule has 0 spiro atoms. The lowest BCUT2D eigenvalue weighted by Crippen LogP contribution is -2.30. The van der Waals surface area contributed by atoms with Crippen LogP contribution in [0.5, 0.6) is 0 Å². The summed E-state index contributed by atoms with van der Waals surface area (Å²) in [4.78, 5) is 33.6. The fourth-order valence-corrected chi connectivity index (χ4v) is 3.39. The Morgan fingerprint density at radius 3 is 2.75 bits per heavy atom. The van der Waals surface area contributed by atoms with E-state index in [9.17, 15) is 9.59 Å². The largest absolute Gasteiger partial charge is 0.465 e. The first-order valence-corrected chi connectivity index (χ1v) is 8.95. The van der Waals surface area contributed by atoms with E-state index in [0.29, 0.717) is 29.9 Å². The van der Waals surface area contributed by atoms with Gasteiger partial charge < -0.3 is 20.6 Å². The highest BCUT2D eigenvalue weighted by Gasteiger charge is 2.26. The van der Waals surface area contributed by atoms with Gasteiger partial charge in [-0.3, -0.25) is 14.8 Å². The first-order chi connectivity index (χ1) is 13.6. The molecular weight excluding hydrogens is 358 g/mol. The number of carboxylic acid groups (broad SMARTS) is 1. The molecule has 2 amide bonds. The molecule has 1 aliphatic rings. The van der Waals surface area contributed by atoms with E-state index < -0.39 is 6.09 Å². The molecule has 0 radical (unpaired) electrons. The zero-order valence-corrected chi connectivity index (χ0v) is 15.0. The number of nitrogens with zero attached hydrogens (tertiary/aromatic N) is 3. The maximum absolute atomic E-state index is 12.7. The maximum atomic E-state index is 12.7. The van der Waals surface area contributed by atoms with E-state index in [0.717, 1.165) is 17.5 Å². The number of hydrogen-bond acceptors (Lipinski definition) is 5. The number of aromatic nitrogens is 2. The third-order valence-electron chi connectivity index (χ3n) is 4.75. The highest BCUT2D eigenvalue weighted by molar-refractivity contribution is 6.13. The second kappa shape index (κ2) is 7.51. The van der Waals surface area contributed by atoms with Gasteiger partial charge in [0.15, 0.2) is 0 Å². The Morgan fingerprint density at radius 2 is 2.00 bits per heavy atom. The van der Waals surface area contributed by atoms with E-state index in [-0.39, 0.29) is 11.9 Å². The molecule has 1 aliphatic heterocycles. The van der Waals surface area contributed by atoms with Crippen molar-refractivity contribution >= 4 is 34.3 Å². The van der Waals surface area contributed by atoms with E-state index >= 15 is 0 Å². The van der Waals surface area contributed by atoms with Crippen molar-refractivity contribution in [3.05, 3.63) is 60.6 Å². The van der Waals surface area contributed by atoms with Gasteiger partial charge in [-0.2, -0.15) is 0 Å². The second-order valence-electron chi connectivity index (χ2n) is 6.61. The van der Waals surface area contributed by atoms with E-state index in [2.05, 4.69) is 20.6 Å². The molecule has 1 unspecified atom stereocenters. The van der Waals surface area contributed by atoms with Crippen molar-refractivity contribution in [2.24, 2.45) is 0 Å². The normalized spacial score (nSPS) is 16.1. The number of anilines is 2. The summed E-state index contributed by atoms with van der Waals surface area (Å²) >= 11 is 0. The number of benzene rings is 1. The molecule has 1 aromatic carbocycles. The lowest BCUT2D eigenvalue weighted by Gasteiger charge is -2.17. The Balaban J connectivity index is 1.60. The fraction of sp³-hybridized carbons (Fsp3) is 0.200. The smallest absolute Gasteiger partial charge is 0.407 e. The molecular formula is C20H19N5O3. The topological polar surface area (TPSA) is 107 Å². The third kappa shape index (κ3) is 3.57. The van der Waals surface area contributed by atoms with Gasteiger partial charge in [0.05, 0.1) is 23.0 Å². The maximum Gasteiger partial charge on any atom is 0.407 e. The van der Waals surface area contributed by atoms with Crippen molar-refractivity contribution in [3.63, 3.8) is 0 Å². The lowest BCUT2D eigenvalue weighted by molar-refractivity contribution is 0.102. The van der Waals surface area contributed by atoms with Crippen LogP contribution in [0.1, 0.15) is 16.8 Å². The van der Waals surface area contributed by atoms with Crippen molar-refractivity contribution in [3.8, 4) is 0 Å². The average Bonchev–Trinajstić information content (AvgIpc) is 3.18. The van der Waals surface area contributed by atoms with Gasteiger partial charge >= 0.3 is 6.09 Å². The number of nitrogens with one attached hydrogen (secondary N) is 2. The van der Waals surface area contributed by atoms with Crippen LogP contribution in [0.25, 0.3) is 10.9 Å². The van der Waals surface area contributed by atoms with E-state index in [1.54, 1.807) is 36.8 Å². The molecule has 3 aromatic rings. The van der Waals surface area contributed by atoms with Crippen LogP contribution in [-0.2, 0) is 0 Å². The molecule has 0 aliphatic carbocycles. The number of pyridine rings is 2. The SMILES string of the molecule is O=C(Nc1cccnc1)c1ccc(NC2CCN(C(=O)O)C2)c2cccnc12. The van der Waals surface area contributed by atoms with E-state index in [1.807, 2.05) is 18.2 Å². The molecule has 3 heterocycles. The van der Waals surface area contributed by atoms with Gasteiger partial charge in [0.2, 0.25) is 0 Å². The summed E-state index contributed by atoms with van der Waals surface area (Å²) in [5, 5.41) is 16.2. The van der Waals surface area contributed by atoms with Crippen molar-refractivity contribution in [1.29, 1.82) is 0 Å². The van der Waals surface area contributed by atoms with Crippen molar-refractivity contribution in [2.45, 2.75) is 12.5 Å². The Kier molecular flexibility index (Phi) is 4.76. The van der Waals surface area contributed by atoms with Crippen LogP contribution in [0.3, 0.4) is 0 Å². The van der Waals surface area contributed by atoms with Gasteiger partial charge in [0.1, 0.15) is 0 Å². The second-order valence-corrected chi connectivity index (χ2v) is 6.61. The molecule has 8 heteroatoms. The molecule has 0 bridgehead atoms. The Morgan fingerprint density at radius 1 is 1.14 bits per heavy atom. The van der Waals surface area contributed by atoms with E-state index in [4.69, 9.17) is 5.11 Å². The van der Waals surface area contributed by atoms with Crippen LogP contribution in [0, 0.1) is 0 Å². The van der Waals surface area contributed by atoms with Crippen LogP contribution >= 0.6 is 0 Å². The summed E-state index contributed by atoms with van der Waals surface area (Å²) < 4.78 is 0. The predicted octanol–water partition coefficient (Wildman–Crippen LogP) is 3.05. The van der Waals surface area contributed by atoms with Gasteiger partial charge in [0.25, 0.3) is 5.91 Å². The quantitative estimate of drug-likeness (QED) is 0.645. The Hall–Kier alpha value is -3.68. The Labute approximate surface area is 161 Å². The summed E-state index contributed by atoms with van der Waals surface area (Å²) in [5.74, 6) is -0.263. The first kappa shape index (κ1) is 17.7. The standard InChI is InChI=1S/C20H19N5O3/c26-19(24-13-3-1-8-21-11-13)16-5-6-17(15-4-2-9-22-18(15)16)23-14-7-10-25(12-14)20(27)28/h1-6,8-9,11,14,23H,7,10,12H2,(H,24,26)(H,27,28). The van der Waals surface area contributed by atoms with Gasteiger partial charge in [-0.05, 0) is 42.8 Å². The summed E-state index contributed by atoms with van der Waals surface area (Å²) in [6.45, 7) is 0.940. The number of carbonyl (C=O) groups is 2. The first-order valence-electron chi connectivity index (χ1n) is 8.95. The number of fused-ring (bicyclic) bond motifs is 1. The number of likely N-dealkylation sites (tertiary alicyclic amines) is 1. The fourth-order valence-electron chi connectivity index (χ4n) is 3.39. The molecule has 3 N–H and O–H groups in total. The van der Waals surface area contributed by atoms with Gasteiger partial charge in [-0.25, -0.2) is 4.79 Å². The predicted molar refractivity (Wildman–Crippen MR) is 106 cm³/mol. The van der Waals surface area contributed by atoms with E-state index in [1.165, 1.54) is 4.90 Å². The Bertz CT molecular complexity index is 1020. The minimum atomic E-state index is -0.904. The van der Waals surface area contributed by atoms with Gasteiger partial charge in [0, 0.05) is 42.6 Å². The highest BCUT2D eigenvalue weighted by atomic mass is 16.4. The summed E-state index contributed by atoms with van der Waals surface area (Å²) in [5.41, 5.74) is 2.49. The van der Waals surface area contributed by atoms with Crippen LogP contribution in [0.15, 0.2) is 55.0 Å². The molecule has 0 saturated carbocycles. The van der Waals surface area contributed by atoms with Crippen LogP contribution < -0.4 is 10.6 Å². The molecule has 2 aromatic heterocycles. The summed E-state index contributed by atoms with van der Waals surface area (Å²) in [6, 6.07) is 10.8. The van der Waals surface area contributed by atoms with Crippen molar-refractivity contribution < 1.29 is 14.7 Å². The highest BCUT2D eigenvalue weighted by Crippen LogP contribution is 2.27. The molecule has 4 rings (SSSR count). The minimum Gasteiger partial charge on any atom is -0.465 e. The number of hydrogen-bond donors (Lipinski definition) is 3. The number of amides is 2. The van der Waals surface area contributed by atoms with Crippen LogP contribution in [0.2, 0.25) is 0 Å². The molecule has 1 atom stereocenters. The molecule has 8 nitrogen and oxygen atoms in total. The molecule has 1 saturated heterocycles. The van der Waals surface area contributed by atoms with Gasteiger partial charge in [-0.15, -0.1) is 0 Å². The van der Waals surface area contributed by atoms with Crippen LogP contribution in [0.4, 0.5) is 16.2 Å². The van der Waals surface area contributed by atoms with Crippen molar-refractivity contribution in [2.75, 3.05) is 23.7 Å². The molecule has 1 fully saturated rings. The monoisotopic (exact) mass is 377 g/mol. The molecule has 142 valence electrons. The zero-order chi connectivity index (χ0) is 19.5. The van der Waals surface area contributed by atoms with Crippen molar-refractivity contribution in [1.82, 2.24) is 14.9 Å². The summed E-state index contributed by atoms with van der Waals surface area (Å²) in [6.07, 6.45) is 4.70. The van der Waals surface area contributed by atoms with Gasteiger partial charge in [-0.1, -0.05) is 0 Å².